The van der Waals surface area contributed by atoms with E-state index >= 15 is 0 Å². The SMILES string of the molecule is CCNC(=O)N1Cc2[nH]nc(NC(=O)c3ccccc3Cl)c2C1. The summed E-state index contributed by atoms with van der Waals surface area (Å²) in [6.45, 7) is 3.27. The number of halogens is 1. The Kier molecular flexibility index (Phi) is 4.20. The lowest BCUT2D eigenvalue weighted by molar-refractivity contribution is 0.102. The minimum Gasteiger partial charge on any atom is -0.338 e. The van der Waals surface area contributed by atoms with Gasteiger partial charge in [-0.2, -0.15) is 5.10 Å². The van der Waals surface area contributed by atoms with Gasteiger partial charge in [0.05, 0.1) is 29.4 Å². The molecule has 0 spiro atoms. The fourth-order valence-electron chi connectivity index (χ4n) is 2.47. The summed E-state index contributed by atoms with van der Waals surface area (Å²) in [5.41, 5.74) is 2.02. The number of fused-ring (bicyclic) bond motifs is 1. The molecule has 3 amide bonds. The smallest absolute Gasteiger partial charge is 0.318 e. The molecule has 0 unspecified atom stereocenters. The van der Waals surface area contributed by atoms with Crippen LogP contribution in [0.4, 0.5) is 10.6 Å². The third kappa shape index (κ3) is 3.00. The number of nitrogens with zero attached hydrogens (tertiary/aromatic N) is 2. The quantitative estimate of drug-likeness (QED) is 0.805. The lowest BCUT2D eigenvalue weighted by atomic mass is 10.2. The molecule has 3 rings (SSSR count). The zero-order chi connectivity index (χ0) is 16.4. The maximum atomic E-state index is 12.3. The lowest BCUT2D eigenvalue weighted by Crippen LogP contribution is -2.36. The van der Waals surface area contributed by atoms with E-state index in [0.29, 0.717) is 36.0 Å². The number of amides is 3. The summed E-state index contributed by atoms with van der Waals surface area (Å²) in [6, 6.07) is 6.66. The molecule has 2 heterocycles. The summed E-state index contributed by atoms with van der Waals surface area (Å²) in [7, 11) is 0. The van der Waals surface area contributed by atoms with Crippen molar-refractivity contribution in [3.8, 4) is 0 Å². The molecule has 0 bridgehead atoms. The molecule has 8 heteroatoms. The van der Waals surface area contributed by atoms with Crippen molar-refractivity contribution in [1.29, 1.82) is 0 Å². The molecule has 1 aliphatic rings. The zero-order valence-corrected chi connectivity index (χ0v) is 13.3. The highest BCUT2D eigenvalue weighted by molar-refractivity contribution is 6.34. The molecule has 0 saturated carbocycles. The average molecular weight is 334 g/mol. The molecule has 23 heavy (non-hydrogen) atoms. The van der Waals surface area contributed by atoms with Gasteiger partial charge in [-0.25, -0.2) is 4.79 Å². The Labute approximate surface area is 138 Å². The Morgan fingerprint density at radius 3 is 2.87 bits per heavy atom. The Balaban J connectivity index is 1.74. The summed E-state index contributed by atoms with van der Waals surface area (Å²) in [5, 5.41) is 12.9. The van der Waals surface area contributed by atoms with Crippen LogP contribution < -0.4 is 10.6 Å². The number of nitrogens with one attached hydrogen (secondary N) is 3. The zero-order valence-electron chi connectivity index (χ0n) is 12.5. The molecule has 0 fully saturated rings. The van der Waals surface area contributed by atoms with Crippen LogP contribution in [0.15, 0.2) is 24.3 Å². The van der Waals surface area contributed by atoms with Gasteiger partial charge in [0.2, 0.25) is 0 Å². The van der Waals surface area contributed by atoms with Crippen LogP contribution >= 0.6 is 11.6 Å². The summed E-state index contributed by atoms with van der Waals surface area (Å²) >= 11 is 6.03. The number of aromatic nitrogens is 2. The van der Waals surface area contributed by atoms with Crippen molar-refractivity contribution < 1.29 is 9.59 Å². The second-order valence-electron chi connectivity index (χ2n) is 5.15. The van der Waals surface area contributed by atoms with Crippen LogP contribution in [0.1, 0.15) is 28.5 Å². The van der Waals surface area contributed by atoms with E-state index in [2.05, 4.69) is 20.8 Å². The third-order valence-electron chi connectivity index (χ3n) is 3.62. The summed E-state index contributed by atoms with van der Waals surface area (Å²) in [4.78, 5) is 25.8. The molecular formula is C15H16ClN5O2. The number of carbonyl (C=O) groups excluding carboxylic acids is 2. The first kappa shape index (κ1) is 15.4. The molecular weight excluding hydrogens is 318 g/mol. The van der Waals surface area contributed by atoms with Gasteiger partial charge in [-0.15, -0.1) is 0 Å². The fourth-order valence-corrected chi connectivity index (χ4v) is 2.69. The first-order valence-corrected chi connectivity index (χ1v) is 7.62. The van der Waals surface area contributed by atoms with E-state index in [9.17, 15) is 9.59 Å². The molecule has 120 valence electrons. The monoisotopic (exact) mass is 333 g/mol. The van der Waals surface area contributed by atoms with E-state index in [0.717, 1.165) is 11.3 Å². The van der Waals surface area contributed by atoms with Crippen LogP contribution in [0.25, 0.3) is 0 Å². The van der Waals surface area contributed by atoms with Crippen molar-refractivity contribution in [3.05, 3.63) is 46.1 Å². The Bertz CT molecular complexity index is 758. The standard InChI is InChI=1S/C15H16ClN5O2/c1-2-17-15(23)21-7-10-12(8-21)19-20-13(10)18-14(22)9-5-3-4-6-11(9)16/h3-6H,2,7-8H2,1H3,(H,17,23)(H2,18,19,20,22). The molecule has 0 atom stereocenters. The molecule has 0 radical (unpaired) electrons. The van der Waals surface area contributed by atoms with E-state index in [4.69, 9.17) is 11.6 Å². The molecule has 1 aromatic carbocycles. The van der Waals surface area contributed by atoms with E-state index in [-0.39, 0.29) is 11.9 Å². The lowest BCUT2D eigenvalue weighted by Gasteiger charge is -2.15. The number of rotatable bonds is 3. The maximum Gasteiger partial charge on any atom is 0.318 e. The number of anilines is 1. The van der Waals surface area contributed by atoms with Crippen molar-refractivity contribution in [2.45, 2.75) is 20.0 Å². The minimum absolute atomic E-state index is 0.138. The highest BCUT2D eigenvalue weighted by atomic mass is 35.5. The first-order valence-electron chi connectivity index (χ1n) is 7.25. The average Bonchev–Trinajstić information content (AvgIpc) is 3.10. The molecule has 3 N–H and O–H groups in total. The van der Waals surface area contributed by atoms with Crippen molar-refractivity contribution in [3.63, 3.8) is 0 Å². The van der Waals surface area contributed by atoms with Crippen LogP contribution in [0.3, 0.4) is 0 Å². The van der Waals surface area contributed by atoms with Crippen LogP contribution in [0.2, 0.25) is 5.02 Å². The van der Waals surface area contributed by atoms with Gasteiger partial charge < -0.3 is 15.5 Å². The van der Waals surface area contributed by atoms with Crippen LogP contribution in [-0.4, -0.2) is 33.6 Å². The van der Waals surface area contributed by atoms with E-state index in [1.165, 1.54) is 0 Å². The van der Waals surface area contributed by atoms with Gasteiger partial charge in [-0.05, 0) is 19.1 Å². The summed E-state index contributed by atoms with van der Waals surface area (Å²) in [6.07, 6.45) is 0. The highest BCUT2D eigenvalue weighted by Gasteiger charge is 2.28. The molecule has 2 aromatic rings. The second-order valence-corrected chi connectivity index (χ2v) is 5.56. The van der Waals surface area contributed by atoms with E-state index < -0.39 is 0 Å². The van der Waals surface area contributed by atoms with Crippen molar-refractivity contribution in [1.82, 2.24) is 20.4 Å². The van der Waals surface area contributed by atoms with Gasteiger partial charge in [0.15, 0.2) is 5.82 Å². The van der Waals surface area contributed by atoms with Gasteiger partial charge in [-0.3, -0.25) is 9.89 Å². The number of benzene rings is 1. The number of carbonyl (C=O) groups is 2. The highest BCUT2D eigenvalue weighted by Crippen LogP contribution is 2.27. The van der Waals surface area contributed by atoms with Gasteiger partial charge in [0, 0.05) is 12.1 Å². The fraction of sp³-hybridized carbons (Fsp3) is 0.267. The molecule has 0 saturated heterocycles. The number of hydrogen-bond donors (Lipinski definition) is 3. The Morgan fingerprint density at radius 1 is 1.35 bits per heavy atom. The van der Waals surface area contributed by atoms with E-state index in [1.807, 2.05) is 6.92 Å². The Morgan fingerprint density at radius 2 is 2.13 bits per heavy atom. The van der Waals surface area contributed by atoms with Crippen LogP contribution in [-0.2, 0) is 13.1 Å². The van der Waals surface area contributed by atoms with Gasteiger partial charge >= 0.3 is 6.03 Å². The van der Waals surface area contributed by atoms with Crippen molar-refractivity contribution >= 4 is 29.4 Å². The van der Waals surface area contributed by atoms with Crippen molar-refractivity contribution in [2.24, 2.45) is 0 Å². The Hall–Kier alpha value is -2.54. The van der Waals surface area contributed by atoms with Gasteiger partial charge in [0.25, 0.3) is 5.91 Å². The predicted octanol–water partition coefficient (Wildman–Crippen LogP) is 2.36. The number of aromatic amines is 1. The number of hydrogen-bond acceptors (Lipinski definition) is 3. The van der Waals surface area contributed by atoms with Crippen LogP contribution in [0.5, 0.6) is 0 Å². The number of H-pyrrole nitrogens is 1. The second kappa shape index (κ2) is 6.29. The van der Waals surface area contributed by atoms with Crippen molar-refractivity contribution in [2.75, 3.05) is 11.9 Å². The largest absolute Gasteiger partial charge is 0.338 e. The number of urea groups is 1. The summed E-state index contributed by atoms with van der Waals surface area (Å²) < 4.78 is 0. The van der Waals surface area contributed by atoms with Gasteiger partial charge in [-0.1, -0.05) is 23.7 Å². The minimum atomic E-state index is -0.332. The van der Waals surface area contributed by atoms with Gasteiger partial charge in [0.1, 0.15) is 0 Å². The van der Waals surface area contributed by atoms with E-state index in [1.54, 1.807) is 29.2 Å². The predicted molar refractivity (Wildman–Crippen MR) is 86.3 cm³/mol. The molecule has 1 aliphatic heterocycles. The first-order chi connectivity index (χ1) is 11.1. The summed E-state index contributed by atoms with van der Waals surface area (Å²) in [5.74, 6) is 0.0954. The topological polar surface area (TPSA) is 90.1 Å². The maximum absolute atomic E-state index is 12.3. The normalized spacial score (nSPS) is 12.9. The van der Waals surface area contributed by atoms with Crippen LogP contribution in [0, 0.1) is 0 Å². The molecule has 7 nitrogen and oxygen atoms in total. The molecule has 1 aromatic heterocycles. The third-order valence-corrected chi connectivity index (χ3v) is 3.95. The molecule has 0 aliphatic carbocycles.